The Bertz CT molecular complexity index is 1070. The van der Waals surface area contributed by atoms with Gasteiger partial charge in [0.15, 0.2) is 5.11 Å². The predicted octanol–water partition coefficient (Wildman–Crippen LogP) is 4.72. The van der Waals surface area contributed by atoms with Crippen LogP contribution in [-0.2, 0) is 4.74 Å². The van der Waals surface area contributed by atoms with E-state index in [4.69, 9.17) is 17.0 Å². The van der Waals surface area contributed by atoms with E-state index in [0.29, 0.717) is 6.61 Å². The number of ether oxygens (including phenoxy) is 1. The van der Waals surface area contributed by atoms with Gasteiger partial charge in [0.25, 0.3) is 0 Å². The largest absolute Gasteiger partial charge is 0.383 e. The molecule has 3 heterocycles. The van der Waals surface area contributed by atoms with Crippen LogP contribution in [0, 0.1) is 27.7 Å². The molecule has 0 saturated carbocycles. The molecule has 0 bridgehead atoms. The van der Waals surface area contributed by atoms with E-state index in [2.05, 4.69) is 77.8 Å². The number of aromatic nitrogens is 2. The highest BCUT2D eigenvalue weighted by molar-refractivity contribution is 7.80. The minimum Gasteiger partial charge on any atom is -0.383 e. The number of aryl methyl sites for hydroxylation is 3. The Balaban J connectivity index is 1.86. The third-order valence-electron chi connectivity index (χ3n) is 6.19. The molecule has 1 fully saturated rings. The summed E-state index contributed by atoms with van der Waals surface area (Å²) in [7, 11) is 1.73. The molecule has 0 radical (unpaired) electrons. The average Bonchev–Trinajstić information content (AvgIpc) is 3.23. The van der Waals surface area contributed by atoms with Gasteiger partial charge in [-0.1, -0.05) is 24.3 Å². The van der Waals surface area contributed by atoms with Gasteiger partial charge in [-0.25, -0.2) is 0 Å². The van der Waals surface area contributed by atoms with Crippen LogP contribution >= 0.6 is 12.2 Å². The minimum atomic E-state index is -0.0162. The van der Waals surface area contributed by atoms with Crippen LogP contribution in [0.1, 0.15) is 45.9 Å². The van der Waals surface area contributed by atoms with E-state index in [1.54, 1.807) is 7.11 Å². The molecule has 1 saturated heterocycles. The van der Waals surface area contributed by atoms with Crippen LogP contribution in [-0.4, -0.2) is 39.8 Å². The standard InChI is InChI=1S/C25H30N4OS/c1-16-9-8-10-17(2)23(16)29-18(3)15-20(19(29)4)24-22(21-11-6-7-12-26-21)27-25(31)28(24)13-14-30-5/h6-12,15,22,24H,13-14H2,1-5H3,(H,27,31)/t22-,24-/m1/s1. The van der Waals surface area contributed by atoms with Crippen LogP contribution in [0.2, 0.25) is 0 Å². The van der Waals surface area contributed by atoms with Crippen molar-refractivity contribution in [1.29, 1.82) is 0 Å². The molecule has 1 aliphatic heterocycles. The molecular weight excluding hydrogens is 404 g/mol. The van der Waals surface area contributed by atoms with Crippen LogP contribution in [0.25, 0.3) is 5.69 Å². The van der Waals surface area contributed by atoms with Crippen molar-refractivity contribution in [2.45, 2.75) is 39.8 Å². The zero-order valence-corrected chi connectivity index (χ0v) is 19.7. The number of rotatable bonds is 6. The molecule has 2 aromatic heterocycles. The van der Waals surface area contributed by atoms with Crippen molar-refractivity contribution in [3.63, 3.8) is 0 Å². The van der Waals surface area contributed by atoms with E-state index in [1.807, 2.05) is 18.3 Å². The van der Waals surface area contributed by atoms with Crippen molar-refractivity contribution in [1.82, 2.24) is 19.8 Å². The van der Waals surface area contributed by atoms with Crippen molar-refractivity contribution >= 4 is 17.3 Å². The summed E-state index contributed by atoms with van der Waals surface area (Å²) in [5, 5.41) is 4.27. The van der Waals surface area contributed by atoms with E-state index >= 15 is 0 Å². The number of pyridine rings is 1. The molecule has 2 atom stereocenters. The quantitative estimate of drug-likeness (QED) is 0.569. The number of methoxy groups -OCH3 is 1. The maximum atomic E-state index is 5.75. The van der Waals surface area contributed by atoms with E-state index in [9.17, 15) is 0 Å². The van der Waals surface area contributed by atoms with Crippen molar-refractivity contribution in [3.8, 4) is 5.69 Å². The van der Waals surface area contributed by atoms with Crippen LogP contribution in [0.15, 0.2) is 48.7 Å². The Morgan fingerprint density at radius 3 is 2.45 bits per heavy atom. The molecule has 5 nitrogen and oxygen atoms in total. The second-order valence-electron chi connectivity index (χ2n) is 8.22. The highest BCUT2D eigenvalue weighted by Gasteiger charge is 2.41. The van der Waals surface area contributed by atoms with E-state index in [-0.39, 0.29) is 12.1 Å². The first kappa shape index (κ1) is 21.5. The molecule has 4 rings (SSSR count). The van der Waals surface area contributed by atoms with Gasteiger partial charge in [-0.3, -0.25) is 4.98 Å². The zero-order valence-electron chi connectivity index (χ0n) is 18.8. The lowest BCUT2D eigenvalue weighted by Crippen LogP contribution is -2.32. The molecule has 3 aromatic rings. The van der Waals surface area contributed by atoms with Gasteiger partial charge in [-0.2, -0.15) is 0 Å². The van der Waals surface area contributed by atoms with Crippen LogP contribution in [0.5, 0.6) is 0 Å². The van der Waals surface area contributed by atoms with Crippen molar-refractivity contribution in [2.24, 2.45) is 0 Å². The van der Waals surface area contributed by atoms with Crippen LogP contribution < -0.4 is 5.32 Å². The van der Waals surface area contributed by atoms with Gasteiger partial charge in [0.05, 0.1) is 30.1 Å². The Morgan fingerprint density at radius 1 is 1.06 bits per heavy atom. The number of hydrogen-bond donors (Lipinski definition) is 1. The van der Waals surface area contributed by atoms with E-state index in [1.165, 1.54) is 33.8 Å². The highest BCUT2D eigenvalue weighted by Crippen LogP contribution is 2.41. The number of nitrogens with zero attached hydrogens (tertiary/aromatic N) is 3. The smallest absolute Gasteiger partial charge is 0.170 e. The second-order valence-corrected chi connectivity index (χ2v) is 8.60. The first-order valence-electron chi connectivity index (χ1n) is 10.7. The van der Waals surface area contributed by atoms with Crippen molar-refractivity contribution < 1.29 is 4.74 Å². The van der Waals surface area contributed by atoms with Crippen molar-refractivity contribution in [3.05, 3.63) is 82.4 Å². The SMILES string of the molecule is COCCN1C(=S)N[C@H](c2ccccn2)[C@H]1c1cc(C)n(-c2c(C)cccc2C)c1C. The summed E-state index contributed by atoms with van der Waals surface area (Å²) in [6.07, 6.45) is 1.84. The van der Waals surface area contributed by atoms with Gasteiger partial charge in [0.2, 0.25) is 0 Å². The maximum Gasteiger partial charge on any atom is 0.170 e. The fraction of sp³-hybridized carbons (Fsp3) is 0.360. The van der Waals surface area contributed by atoms with Gasteiger partial charge < -0.3 is 19.5 Å². The molecule has 0 spiro atoms. The van der Waals surface area contributed by atoms with Crippen molar-refractivity contribution in [2.75, 3.05) is 20.3 Å². The molecule has 6 heteroatoms. The Hall–Kier alpha value is -2.70. The third kappa shape index (κ3) is 3.86. The third-order valence-corrected chi connectivity index (χ3v) is 6.54. The lowest BCUT2D eigenvalue weighted by molar-refractivity contribution is 0.164. The number of benzene rings is 1. The summed E-state index contributed by atoms with van der Waals surface area (Å²) in [5.74, 6) is 0. The van der Waals surface area contributed by atoms with Gasteiger partial charge >= 0.3 is 0 Å². The summed E-state index contributed by atoms with van der Waals surface area (Å²) < 4.78 is 7.77. The Labute approximate surface area is 190 Å². The first-order valence-corrected chi connectivity index (χ1v) is 11.1. The monoisotopic (exact) mass is 434 g/mol. The van der Waals surface area contributed by atoms with Crippen LogP contribution in [0.4, 0.5) is 0 Å². The molecular formula is C25H30N4OS. The molecule has 31 heavy (non-hydrogen) atoms. The Morgan fingerprint density at radius 2 is 1.81 bits per heavy atom. The lowest BCUT2D eigenvalue weighted by Gasteiger charge is -2.28. The number of para-hydroxylation sites is 1. The normalized spacial score (nSPS) is 18.5. The summed E-state index contributed by atoms with van der Waals surface area (Å²) >= 11 is 5.75. The second kappa shape index (κ2) is 8.81. The molecule has 0 unspecified atom stereocenters. The fourth-order valence-electron chi connectivity index (χ4n) is 4.76. The van der Waals surface area contributed by atoms with Gasteiger partial charge in [-0.05, 0) is 74.8 Å². The summed E-state index contributed by atoms with van der Waals surface area (Å²) in [4.78, 5) is 6.89. The number of thiocarbonyl (C=S) groups is 1. The lowest BCUT2D eigenvalue weighted by atomic mass is 9.96. The fourth-order valence-corrected chi connectivity index (χ4v) is 5.10. The molecule has 1 N–H and O–H groups in total. The number of hydrogen-bond acceptors (Lipinski definition) is 3. The zero-order chi connectivity index (χ0) is 22.1. The minimum absolute atomic E-state index is 0.0162. The average molecular weight is 435 g/mol. The van der Waals surface area contributed by atoms with E-state index in [0.717, 1.165) is 17.4 Å². The number of nitrogens with one attached hydrogen (secondary N) is 1. The molecule has 1 aromatic carbocycles. The molecule has 0 aliphatic carbocycles. The van der Waals surface area contributed by atoms with Crippen LogP contribution in [0.3, 0.4) is 0 Å². The summed E-state index contributed by atoms with van der Waals surface area (Å²) in [6, 6.07) is 14.8. The summed E-state index contributed by atoms with van der Waals surface area (Å²) in [6.45, 7) is 10.1. The summed E-state index contributed by atoms with van der Waals surface area (Å²) in [5.41, 5.74) is 8.50. The molecule has 1 aliphatic rings. The molecule has 162 valence electrons. The Kier molecular flexibility index (Phi) is 6.12. The van der Waals surface area contributed by atoms with E-state index < -0.39 is 0 Å². The predicted molar refractivity (Wildman–Crippen MR) is 129 cm³/mol. The van der Waals surface area contributed by atoms with Gasteiger partial charge in [0.1, 0.15) is 0 Å². The molecule has 0 amide bonds. The first-order chi connectivity index (χ1) is 14.9. The van der Waals surface area contributed by atoms with Gasteiger partial charge in [-0.15, -0.1) is 0 Å². The topological polar surface area (TPSA) is 42.3 Å². The van der Waals surface area contributed by atoms with Gasteiger partial charge in [0, 0.05) is 31.2 Å². The highest BCUT2D eigenvalue weighted by atomic mass is 32.1. The maximum absolute atomic E-state index is 5.75.